The van der Waals surface area contributed by atoms with Gasteiger partial charge in [0.15, 0.2) is 0 Å². The number of hydrogen-bond donors (Lipinski definition) is 1. The van der Waals surface area contributed by atoms with Crippen molar-refractivity contribution in [2.45, 2.75) is 25.6 Å². The van der Waals surface area contributed by atoms with Crippen molar-refractivity contribution in [3.05, 3.63) is 0 Å². The normalized spacial score (nSPS) is 12.8. The molecule has 9 heavy (non-hydrogen) atoms. The molecule has 0 aromatic rings. The molecule has 0 rings (SSSR count). The lowest BCUT2D eigenvalue weighted by molar-refractivity contribution is -0.118. The smallest absolute Gasteiger partial charge is 0.216 e. The average molecular weight is 150 g/mol. The van der Waals surface area contributed by atoms with Gasteiger partial charge in [-0.1, -0.05) is 0 Å². The summed E-state index contributed by atoms with van der Waals surface area (Å²) in [6.07, 6.45) is 0.834. The van der Waals surface area contributed by atoms with Crippen LogP contribution in [0.5, 0.6) is 0 Å². The summed E-state index contributed by atoms with van der Waals surface area (Å²) in [6.45, 7) is 4.09. The number of rotatable bonds is 3. The molecule has 0 aliphatic heterocycles. The van der Waals surface area contributed by atoms with Crippen LogP contribution >= 0.6 is 11.6 Å². The van der Waals surface area contributed by atoms with Crippen molar-refractivity contribution in [2.24, 2.45) is 0 Å². The van der Waals surface area contributed by atoms with Crippen LogP contribution in [-0.2, 0) is 4.79 Å². The number of carbonyl (C=O) groups excluding carboxylic acids is 1. The highest BCUT2D eigenvalue weighted by atomic mass is 35.5. The molecule has 1 atom stereocenters. The van der Waals surface area contributed by atoms with Gasteiger partial charge in [-0.3, -0.25) is 4.79 Å². The molecule has 0 aromatic heterocycles. The molecule has 0 aliphatic carbocycles. The Morgan fingerprint density at radius 3 is 2.67 bits per heavy atom. The van der Waals surface area contributed by atoms with Crippen molar-refractivity contribution < 1.29 is 4.79 Å². The molecule has 1 unspecified atom stereocenters. The van der Waals surface area contributed by atoms with Gasteiger partial charge in [0, 0.05) is 18.8 Å². The predicted molar refractivity (Wildman–Crippen MR) is 38.6 cm³/mol. The lowest BCUT2D eigenvalue weighted by atomic mass is 10.3. The van der Waals surface area contributed by atoms with Gasteiger partial charge in [0.2, 0.25) is 5.91 Å². The van der Waals surface area contributed by atoms with Crippen LogP contribution in [-0.4, -0.2) is 17.8 Å². The quantitative estimate of drug-likeness (QED) is 0.600. The van der Waals surface area contributed by atoms with Gasteiger partial charge in [-0.05, 0) is 13.3 Å². The molecule has 0 spiro atoms. The molecule has 1 amide bonds. The predicted octanol–water partition coefficient (Wildman–Crippen LogP) is 1.14. The largest absolute Gasteiger partial charge is 0.356 e. The molecule has 3 heteroatoms. The second-order valence-corrected chi connectivity index (χ2v) is 2.80. The SMILES string of the molecule is CC(=O)NCCC(C)Cl. The molecule has 0 aliphatic rings. The van der Waals surface area contributed by atoms with Crippen LogP contribution in [0.2, 0.25) is 0 Å². The maximum absolute atomic E-state index is 10.3. The van der Waals surface area contributed by atoms with Crippen LogP contribution in [0, 0.1) is 0 Å². The van der Waals surface area contributed by atoms with Gasteiger partial charge in [-0.25, -0.2) is 0 Å². The van der Waals surface area contributed by atoms with Crippen molar-refractivity contribution in [3.8, 4) is 0 Å². The molecule has 1 N–H and O–H groups in total. The molecule has 0 saturated heterocycles. The number of amides is 1. The first-order valence-corrected chi connectivity index (χ1v) is 3.45. The zero-order valence-corrected chi connectivity index (χ0v) is 6.53. The zero-order valence-electron chi connectivity index (χ0n) is 5.78. The van der Waals surface area contributed by atoms with E-state index in [1.54, 1.807) is 0 Å². The molecule has 0 radical (unpaired) electrons. The van der Waals surface area contributed by atoms with Crippen LogP contribution in [0.3, 0.4) is 0 Å². The number of halogens is 1. The summed E-state index contributed by atoms with van der Waals surface area (Å²) < 4.78 is 0. The van der Waals surface area contributed by atoms with Crippen LogP contribution in [0.25, 0.3) is 0 Å². The number of hydrogen-bond acceptors (Lipinski definition) is 1. The van der Waals surface area contributed by atoms with E-state index in [-0.39, 0.29) is 11.3 Å². The van der Waals surface area contributed by atoms with Gasteiger partial charge >= 0.3 is 0 Å². The van der Waals surface area contributed by atoms with E-state index in [9.17, 15) is 4.79 Å². The van der Waals surface area contributed by atoms with Crippen molar-refractivity contribution in [1.29, 1.82) is 0 Å². The number of carbonyl (C=O) groups is 1. The van der Waals surface area contributed by atoms with Crippen molar-refractivity contribution in [3.63, 3.8) is 0 Å². The summed E-state index contributed by atoms with van der Waals surface area (Å²) in [5.74, 6) is 0.00677. The van der Waals surface area contributed by atoms with E-state index in [1.807, 2.05) is 6.92 Å². The maximum atomic E-state index is 10.3. The zero-order chi connectivity index (χ0) is 7.28. The van der Waals surface area contributed by atoms with Crippen LogP contribution < -0.4 is 5.32 Å². The average Bonchev–Trinajstić information content (AvgIpc) is 1.63. The Labute approximate surface area is 60.6 Å². The summed E-state index contributed by atoms with van der Waals surface area (Å²) in [5, 5.41) is 2.80. The molecule has 0 aromatic carbocycles. The highest BCUT2D eigenvalue weighted by Crippen LogP contribution is 1.96. The second-order valence-electron chi connectivity index (χ2n) is 2.05. The summed E-state index contributed by atoms with van der Waals surface area (Å²) in [5.41, 5.74) is 0. The van der Waals surface area contributed by atoms with Gasteiger partial charge in [-0.15, -0.1) is 11.6 Å². The third kappa shape index (κ3) is 7.76. The van der Waals surface area contributed by atoms with Gasteiger partial charge in [0.05, 0.1) is 0 Å². The Morgan fingerprint density at radius 2 is 2.33 bits per heavy atom. The topological polar surface area (TPSA) is 29.1 Å². The Balaban J connectivity index is 3.01. The van der Waals surface area contributed by atoms with E-state index in [1.165, 1.54) is 6.92 Å². The Bertz CT molecular complexity index is 93.1. The molecular formula is C6H12ClNO. The Hall–Kier alpha value is -0.240. The molecule has 54 valence electrons. The first kappa shape index (κ1) is 8.76. The molecule has 2 nitrogen and oxygen atoms in total. The first-order chi connectivity index (χ1) is 4.13. The van der Waals surface area contributed by atoms with Crippen LogP contribution in [0.4, 0.5) is 0 Å². The number of nitrogens with one attached hydrogen (secondary N) is 1. The van der Waals surface area contributed by atoms with Crippen LogP contribution in [0.1, 0.15) is 20.3 Å². The maximum Gasteiger partial charge on any atom is 0.216 e. The molecule has 0 heterocycles. The van der Waals surface area contributed by atoms with E-state index in [0.717, 1.165) is 6.42 Å². The Kier molecular flexibility index (Phi) is 4.50. The van der Waals surface area contributed by atoms with Gasteiger partial charge in [0.1, 0.15) is 0 Å². The summed E-state index contributed by atoms with van der Waals surface area (Å²) >= 11 is 5.61. The van der Waals surface area contributed by atoms with E-state index in [4.69, 9.17) is 11.6 Å². The monoisotopic (exact) mass is 149 g/mol. The molecular weight excluding hydrogens is 138 g/mol. The third-order valence-corrected chi connectivity index (χ3v) is 1.13. The standard InChI is InChI=1S/C6H12ClNO/c1-5(7)3-4-8-6(2)9/h5H,3-4H2,1-2H3,(H,8,9). The van der Waals surface area contributed by atoms with Crippen molar-refractivity contribution in [1.82, 2.24) is 5.32 Å². The summed E-state index contributed by atoms with van der Waals surface area (Å²) in [6, 6.07) is 0. The second kappa shape index (κ2) is 4.62. The van der Waals surface area contributed by atoms with E-state index >= 15 is 0 Å². The van der Waals surface area contributed by atoms with Gasteiger partial charge in [0.25, 0.3) is 0 Å². The van der Waals surface area contributed by atoms with Gasteiger partial charge < -0.3 is 5.32 Å². The minimum Gasteiger partial charge on any atom is -0.356 e. The minimum absolute atomic E-state index is 0.00677. The summed E-state index contributed by atoms with van der Waals surface area (Å²) in [4.78, 5) is 10.3. The van der Waals surface area contributed by atoms with E-state index in [0.29, 0.717) is 6.54 Å². The highest BCUT2D eigenvalue weighted by Gasteiger charge is 1.95. The van der Waals surface area contributed by atoms with Crippen molar-refractivity contribution in [2.75, 3.05) is 6.54 Å². The fourth-order valence-corrected chi connectivity index (χ4v) is 0.556. The van der Waals surface area contributed by atoms with Gasteiger partial charge in [-0.2, -0.15) is 0 Å². The highest BCUT2D eigenvalue weighted by molar-refractivity contribution is 6.20. The first-order valence-electron chi connectivity index (χ1n) is 3.01. The van der Waals surface area contributed by atoms with E-state index < -0.39 is 0 Å². The molecule has 0 saturated carbocycles. The van der Waals surface area contributed by atoms with Crippen molar-refractivity contribution >= 4 is 17.5 Å². The van der Waals surface area contributed by atoms with Crippen LogP contribution in [0.15, 0.2) is 0 Å². The fourth-order valence-electron chi connectivity index (χ4n) is 0.447. The molecule has 0 bridgehead atoms. The lowest BCUT2D eigenvalue weighted by Crippen LogP contribution is -2.22. The lowest BCUT2D eigenvalue weighted by Gasteiger charge is -2.01. The minimum atomic E-state index is 0.00677. The number of alkyl halides is 1. The van der Waals surface area contributed by atoms with E-state index in [2.05, 4.69) is 5.32 Å². The Morgan fingerprint density at radius 1 is 1.78 bits per heavy atom. The molecule has 0 fully saturated rings. The third-order valence-electron chi connectivity index (χ3n) is 0.916. The summed E-state index contributed by atoms with van der Waals surface area (Å²) in [7, 11) is 0. The fraction of sp³-hybridized carbons (Fsp3) is 0.833.